The highest BCUT2D eigenvalue weighted by Crippen LogP contribution is 2.14. The highest BCUT2D eigenvalue weighted by Gasteiger charge is 1.99. The fourth-order valence-electron chi connectivity index (χ4n) is 1.32. The van der Waals surface area contributed by atoms with Crippen LogP contribution in [-0.2, 0) is 6.61 Å². The summed E-state index contributed by atoms with van der Waals surface area (Å²) in [6.45, 7) is 0.284. The molecule has 2 aromatic rings. The van der Waals surface area contributed by atoms with Gasteiger partial charge in [0.15, 0.2) is 5.82 Å². The summed E-state index contributed by atoms with van der Waals surface area (Å²) < 4.78 is 5.50. The lowest BCUT2D eigenvalue weighted by molar-refractivity contribution is 0.301. The van der Waals surface area contributed by atoms with E-state index in [4.69, 9.17) is 15.8 Å². The number of nitriles is 1. The number of nitrogens with one attached hydrogen (secondary N) is 1. The molecule has 1 aromatic heterocycles. The number of aromatic nitrogens is 2. The third-order valence-corrected chi connectivity index (χ3v) is 2.20. The first-order valence-electron chi connectivity index (χ1n) is 5.22. The largest absolute Gasteiger partial charge is 0.487 e. The number of nitrogen functional groups attached to an aromatic ring is 1. The minimum absolute atomic E-state index is 0.284. The smallest absolute Gasteiger partial charge is 0.158 e. The predicted molar refractivity (Wildman–Crippen MR) is 65.3 cm³/mol. The van der Waals surface area contributed by atoms with Gasteiger partial charge in [0.2, 0.25) is 0 Å². The number of nitrogens with zero attached hydrogens (tertiary/aromatic N) is 3. The standard InChI is InChI=1S/C12H11N5O/c13-5-9-2-1-3-11(4-9)18-8-10-6-16-12(17-14)7-15-10/h1-4,6-7H,8,14H2,(H,16,17). The summed E-state index contributed by atoms with van der Waals surface area (Å²) in [6, 6.07) is 8.98. The summed E-state index contributed by atoms with van der Waals surface area (Å²) in [5.74, 6) is 6.30. The second-order valence-electron chi connectivity index (χ2n) is 3.47. The first kappa shape index (κ1) is 11.8. The van der Waals surface area contributed by atoms with Crippen molar-refractivity contribution in [2.75, 3.05) is 5.43 Å². The van der Waals surface area contributed by atoms with E-state index in [1.54, 1.807) is 30.5 Å². The number of nitrogens with two attached hydrogens (primary N) is 1. The van der Waals surface area contributed by atoms with Crippen LogP contribution in [0.25, 0.3) is 0 Å². The molecule has 0 aliphatic carbocycles. The number of rotatable bonds is 4. The molecule has 0 amide bonds. The molecule has 1 aromatic carbocycles. The number of hydrogen-bond donors (Lipinski definition) is 2. The Bertz CT molecular complexity index is 561. The highest BCUT2D eigenvalue weighted by molar-refractivity contribution is 5.36. The van der Waals surface area contributed by atoms with E-state index in [2.05, 4.69) is 21.5 Å². The van der Waals surface area contributed by atoms with E-state index in [1.165, 1.54) is 6.20 Å². The topological polar surface area (TPSA) is 96.8 Å². The van der Waals surface area contributed by atoms with Crippen LogP contribution in [0.15, 0.2) is 36.7 Å². The van der Waals surface area contributed by atoms with Crippen molar-refractivity contribution < 1.29 is 4.74 Å². The van der Waals surface area contributed by atoms with Crippen molar-refractivity contribution in [3.63, 3.8) is 0 Å². The normalized spacial score (nSPS) is 9.56. The molecule has 18 heavy (non-hydrogen) atoms. The molecule has 1 heterocycles. The maximum absolute atomic E-state index is 8.76. The van der Waals surface area contributed by atoms with Crippen molar-refractivity contribution in [3.8, 4) is 11.8 Å². The van der Waals surface area contributed by atoms with Gasteiger partial charge in [-0.2, -0.15) is 5.26 Å². The van der Waals surface area contributed by atoms with Gasteiger partial charge in [0.05, 0.1) is 29.7 Å². The van der Waals surface area contributed by atoms with Crippen molar-refractivity contribution in [2.24, 2.45) is 5.84 Å². The van der Waals surface area contributed by atoms with E-state index >= 15 is 0 Å². The molecule has 0 saturated heterocycles. The van der Waals surface area contributed by atoms with Gasteiger partial charge in [-0.15, -0.1) is 0 Å². The summed E-state index contributed by atoms with van der Waals surface area (Å²) in [4.78, 5) is 8.12. The zero-order valence-corrected chi connectivity index (χ0v) is 9.50. The Morgan fingerprint density at radius 2 is 2.22 bits per heavy atom. The molecule has 0 unspecified atom stereocenters. The Kier molecular flexibility index (Phi) is 3.69. The summed E-state index contributed by atoms with van der Waals surface area (Å²) in [5.41, 5.74) is 3.63. The molecule has 2 rings (SSSR count). The Balaban J connectivity index is 2.00. The molecule has 0 atom stereocenters. The monoisotopic (exact) mass is 241 g/mol. The van der Waals surface area contributed by atoms with Gasteiger partial charge in [-0.05, 0) is 18.2 Å². The van der Waals surface area contributed by atoms with Gasteiger partial charge in [0.25, 0.3) is 0 Å². The van der Waals surface area contributed by atoms with E-state index in [1.807, 2.05) is 0 Å². The minimum atomic E-state index is 0.284. The van der Waals surface area contributed by atoms with Gasteiger partial charge in [-0.25, -0.2) is 10.8 Å². The van der Waals surface area contributed by atoms with Gasteiger partial charge in [-0.1, -0.05) is 6.07 Å². The number of hydrazine groups is 1. The zero-order chi connectivity index (χ0) is 12.8. The van der Waals surface area contributed by atoms with Crippen LogP contribution in [0.4, 0.5) is 5.82 Å². The second-order valence-corrected chi connectivity index (χ2v) is 3.47. The maximum Gasteiger partial charge on any atom is 0.158 e. The molecule has 3 N–H and O–H groups in total. The Morgan fingerprint density at radius 1 is 1.33 bits per heavy atom. The van der Waals surface area contributed by atoms with E-state index in [9.17, 15) is 0 Å². The Hall–Kier alpha value is -2.65. The first-order valence-corrected chi connectivity index (χ1v) is 5.22. The first-order chi connectivity index (χ1) is 8.81. The van der Waals surface area contributed by atoms with Gasteiger partial charge in [-0.3, -0.25) is 4.98 Å². The molecular formula is C12H11N5O. The number of hydrogen-bond acceptors (Lipinski definition) is 6. The Labute approximate surface area is 104 Å². The van der Waals surface area contributed by atoms with Gasteiger partial charge in [0, 0.05) is 0 Å². The van der Waals surface area contributed by atoms with Gasteiger partial charge >= 0.3 is 0 Å². The fraction of sp³-hybridized carbons (Fsp3) is 0.0833. The molecule has 0 aliphatic heterocycles. The molecule has 0 spiro atoms. The van der Waals surface area contributed by atoms with Crippen molar-refractivity contribution in [1.82, 2.24) is 9.97 Å². The van der Waals surface area contributed by atoms with E-state index in [0.29, 0.717) is 22.8 Å². The second kappa shape index (κ2) is 5.61. The maximum atomic E-state index is 8.76. The Morgan fingerprint density at radius 3 is 2.89 bits per heavy atom. The highest BCUT2D eigenvalue weighted by atomic mass is 16.5. The van der Waals surface area contributed by atoms with Crippen molar-refractivity contribution >= 4 is 5.82 Å². The summed E-state index contributed by atoms with van der Waals surface area (Å²) in [7, 11) is 0. The molecule has 0 aliphatic rings. The molecule has 0 saturated carbocycles. The average Bonchev–Trinajstić information content (AvgIpc) is 2.46. The van der Waals surface area contributed by atoms with Gasteiger partial charge < -0.3 is 10.2 Å². The molecule has 6 heteroatoms. The van der Waals surface area contributed by atoms with E-state index in [0.717, 1.165) is 0 Å². The van der Waals surface area contributed by atoms with Gasteiger partial charge in [0.1, 0.15) is 12.4 Å². The molecular weight excluding hydrogens is 230 g/mol. The van der Waals surface area contributed by atoms with Crippen LogP contribution in [0.2, 0.25) is 0 Å². The van der Waals surface area contributed by atoms with Crippen LogP contribution in [0.3, 0.4) is 0 Å². The molecule has 90 valence electrons. The number of anilines is 1. The molecule has 0 fully saturated rings. The SMILES string of the molecule is N#Cc1cccc(OCc2cnc(NN)cn2)c1. The van der Waals surface area contributed by atoms with E-state index < -0.39 is 0 Å². The van der Waals surface area contributed by atoms with Crippen LogP contribution in [0.5, 0.6) is 5.75 Å². The fourth-order valence-corrected chi connectivity index (χ4v) is 1.32. The average molecular weight is 241 g/mol. The number of benzene rings is 1. The zero-order valence-electron chi connectivity index (χ0n) is 9.50. The third kappa shape index (κ3) is 2.93. The lowest BCUT2D eigenvalue weighted by Crippen LogP contribution is -2.09. The summed E-state index contributed by atoms with van der Waals surface area (Å²) >= 11 is 0. The molecule has 6 nitrogen and oxygen atoms in total. The van der Waals surface area contributed by atoms with Crippen LogP contribution in [0.1, 0.15) is 11.3 Å². The molecule has 0 radical (unpaired) electrons. The third-order valence-electron chi connectivity index (χ3n) is 2.20. The van der Waals surface area contributed by atoms with Crippen LogP contribution >= 0.6 is 0 Å². The quantitative estimate of drug-likeness (QED) is 0.617. The van der Waals surface area contributed by atoms with Crippen LogP contribution in [-0.4, -0.2) is 9.97 Å². The summed E-state index contributed by atoms with van der Waals surface area (Å²) in [5, 5.41) is 8.76. The molecule has 0 bridgehead atoms. The minimum Gasteiger partial charge on any atom is -0.487 e. The lowest BCUT2D eigenvalue weighted by atomic mass is 10.2. The summed E-state index contributed by atoms with van der Waals surface area (Å²) in [6.07, 6.45) is 3.09. The predicted octanol–water partition coefficient (Wildman–Crippen LogP) is 1.21. The van der Waals surface area contributed by atoms with Crippen molar-refractivity contribution in [1.29, 1.82) is 5.26 Å². The number of ether oxygens (including phenoxy) is 1. The van der Waals surface area contributed by atoms with Crippen molar-refractivity contribution in [3.05, 3.63) is 47.9 Å². The van der Waals surface area contributed by atoms with Crippen molar-refractivity contribution in [2.45, 2.75) is 6.61 Å². The van der Waals surface area contributed by atoms with E-state index in [-0.39, 0.29) is 6.61 Å². The van der Waals surface area contributed by atoms with Crippen LogP contribution in [0, 0.1) is 11.3 Å². The van der Waals surface area contributed by atoms with Crippen LogP contribution < -0.4 is 16.0 Å². The lowest BCUT2D eigenvalue weighted by Gasteiger charge is -2.06.